The molecule has 0 spiro atoms. The number of nitrogens with one attached hydrogen (secondary N) is 1. The number of unbranched alkanes of at least 4 members (excludes halogenated alkanes) is 1. The monoisotopic (exact) mass is 585 g/mol. The molecular weight excluding hydrogens is 542 g/mol. The second-order valence-corrected chi connectivity index (χ2v) is 12.6. The van der Waals surface area contributed by atoms with Crippen molar-refractivity contribution in [3.63, 3.8) is 0 Å². The van der Waals surface area contributed by atoms with E-state index in [1.807, 2.05) is 48.5 Å². The first-order chi connectivity index (χ1) is 20.1. The van der Waals surface area contributed by atoms with E-state index in [9.17, 15) is 4.79 Å². The van der Waals surface area contributed by atoms with Gasteiger partial charge in [-0.25, -0.2) is 4.68 Å². The van der Waals surface area contributed by atoms with E-state index in [2.05, 4.69) is 65.1 Å². The highest BCUT2D eigenvalue weighted by atomic mass is 35.5. The van der Waals surface area contributed by atoms with Crippen molar-refractivity contribution in [3.8, 4) is 22.7 Å². The third kappa shape index (κ3) is 7.43. The number of benzene rings is 3. The highest BCUT2D eigenvalue weighted by molar-refractivity contribution is 6.30. The second kappa shape index (κ2) is 13.6. The van der Waals surface area contributed by atoms with E-state index in [1.165, 1.54) is 11.1 Å². The molecular formula is C36H44ClN3O2. The highest BCUT2D eigenvalue weighted by Crippen LogP contribution is 2.38. The molecule has 0 unspecified atom stereocenters. The fourth-order valence-electron chi connectivity index (χ4n) is 4.77. The number of carbonyl (C=O) groups excluding carboxylic acids is 1. The maximum Gasteiger partial charge on any atom is 0.270 e. The van der Waals surface area contributed by atoms with Crippen molar-refractivity contribution in [2.24, 2.45) is 0 Å². The lowest BCUT2D eigenvalue weighted by molar-refractivity contribution is 0.0944. The standard InChI is InChI=1S/C36H44ClN3O2/c1-7-35(3,4)27-16-21-33(30(24-27)36(5,6)8-2)42-23-13-12-22-38-34(41)32-25-31(26-14-10-9-11-15-26)39-40(32)29-19-17-28(37)18-20-29/h9-11,14-21,24-25H,7-8,12-13,22-23H2,1-6H3,(H,38,41). The minimum Gasteiger partial charge on any atom is -0.493 e. The molecule has 0 radical (unpaired) electrons. The van der Waals surface area contributed by atoms with Gasteiger partial charge in [0, 0.05) is 22.7 Å². The van der Waals surface area contributed by atoms with Gasteiger partial charge in [-0.3, -0.25) is 4.79 Å². The summed E-state index contributed by atoms with van der Waals surface area (Å²) in [5, 5.41) is 8.46. The molecule has 0 aliphatic heterocycles. The SMILES string of the molecule is CCC(C)(C)c1ccc(OCCCCNC(=O)c2cc(-c3ccccc3)nn2-c2ccc(Cl)cc2)c(C(C)(C)CC)c1. The van der Waals surface area contributed by atoms with E-state index in [0.29, 0.717) is 23.9 Å². The van der Waals surface area contributed by atoms with Gasteiger partial charge in [0.15, 0.2) is 0 Å². The Morgan fingerprint density at radius 1 is 0.881 bits per heavy atom. The molecule has 0 fully saturated rings. The zero-order chi connectivity index (χ0) is 30.3. The third-order valence-electron chi connectivity index (χ3n) is 8.45. The summed E-state index contributed by atoms with van der Waals surface area (Å²) >= 11 is 6.10. The lowest BCUT2D eigenvalue weighted by Crippen LogP contribution is -2.27. The smallest absolute Gasteiger partial charge is 0.270 e. The lowest BCUT2D eigenvalue weighted by Gasteiger charge is -2.30. The summed E-state index contributed by atoms with van der Waals surface area (Å²) < 4.78 is 8.00. The molecule has 0 atom stereocenters. The van der Waals surface area contributed by atoms with Crippen molar-refractivity contribution in [1.82, 2.24) is 15.1 Å². The van der Waals surface area contributed by atoms with Gasteiger partial charge in [0.25, 0.3) is 5.91 Å². The zero-order valence-corrected chi connectivity index (χ0v) is 26.6. The molecule has 0 saturated carbocycles. The number of hydrogen-bond acceptors (Lipinski definition) is 3. The van der Waals surface area contributed by atoms with Crippen LogP contribution < -0.4 is 10.1 Å². The Balaban J connectivity index is 1.39. The van der Waals surface area contributed by atoms with Crippen molar-refractivity contribution >= 4 is 17.5 Å². The molecule has 1 N–H and O–H groups in total. The van der Waals surface area contributed by atoms with Gasteiger partial charge in [-0.2, -0.15) is 5.10 Å². The predicted molar refractivity (Wildman–Crippen MR) is 174 cm³/mol. The maximum absolute atomic E-state index is 13.3. The Hall–Kier alpha value is -3.57. The number of hydrogen-bond donors (Lipinski definition) is 1. The van der Waals surface area contributed by atoms with Crippen LogP contribution in [0.25, 0.3) is 16.9 Å². The lowest BCUT2D eigenvalue weighted by atomic mass is 9.76. The third-order valence-corrected chi connectivity index (χ3v) is 8.71. The summed E-state index contributed by atoms with van der Waals surface area (Å²) in [6.07, 6.45) is 3.75. The molecule has 0 aliphatic carbocycles. The van der Waals surface area contributed by atoms with Crippen molar-refractivity contribution in [3.05, 3.63) is 101 Å². The predicted octanol–water partition coefficient (Wildman–Crippen LogP) is 9.16. The molecule has 6 heteroatoms. The van der Waals surface area contributed by atoms with Crippen molar-refractivity contribution in [2.75, 3.05) is 13.2 Å². The average molecular weight is 586 g/mol. The van der Waals surface area contributed by atoms with Crippen molar-refractivity contribution in [2.45, 2.75) is 78.1 Å². The molecule has 4 rings (SSSR count). The van der Waals surface area contributed by atoms with E-state index < -0.39 is 0 Å². The summed E-state index contributed by atoms with van der Waals surface area (Å²) in [6, 6.07) is 25.7. The molecule has 0 saturated heterocycles. The topological polar surface area (TPSA) is 56.1 Å². The van der Waals surface area contributed by atoms with Gasteiger partial charge in [-0.15, -0.1) is 0 Å². The molecule has 5 nitrogen and oxygen atoms in total. The van der Waals surface area contributed by atoms with Crippen LogP contribution in [0.2, 0.25) is 5.02 Å². The van der Waals surface area contributed by atoms with Crippen molar-refractivity contribution < 1.29 is 9.53 Å². The summed E-state index contributed by atoms with van der Waals surface area (Å²) in [4.78, 5) is 13.3. The maximum atomic E-state index is 13.3. The van der Waals surface area contributed by atoms with Crippen LogP contribution in [0.1, 0.15) is 88.8 Å². The Labute approximate surface area is 256 Å². The van der Waals surface area contributed by atoms with Crippen LogP contribution in [0.4, 0.5) is 0 Å². The molecule has 222 valence electrons. The summed E-state index contributed by atoms with van der Waals surface area (Å²) in [5.74, 6) is 0.795. The minimum atomic E-state index is -0.165. The van der Waals surface area contributed by atoms with Crippen LogP contribution in [-0.2, 0) is 10.8 Å². The van der Waals surface area contributed by atoms with Gasteiger partial charge < -0.3 is 10.1 Å². The zero-order valence-electron chi connectivity index (χ0n) is 25.8. The molecule has 1 aromatic heterocycles. The fraction of sp³-hybridized carbons (Fsp3) is 0.389. The molecule has 42 heavy (non-hydrogen) atoms. The number of amides is 1. The Morgan fingerprint density at radius 2 is 1.57 bits per heavy atom. The molecule has 1 amide bonds. The molecule has 3 aromatic carbocycles. The van der Waals surface area contributed by atoms with Gasteiger partial charge in [-0.1, -0.05) is 95.6 Å². The first kappa shape index (κ1) is 31.4. The second-order valence-electron chi connectivity index (χ2n) is 12.2. The fourth-order valence-corrected chi connectivity index (χ4v) is 4.90. The van der Waals surface area contributed by atoms with Gasteiger partial charge in [-0.05, 0) is 78.5 Å². The largest absolute Gasteiger partial charge is 0.493 e. The van der Waals surface area contributed by atoms with Crippen LogP contribution in [0.3, 0.4) is 0 Å². The first-order valence-electron chi connectivity index (χ1n) is 15.0. The Morgan fingerprint density at radius 3 is 2.24 bits per heavy atom. The normalized spacial score (nSPS) is 11.9. The minimum absolute atomic E-state index is 0.0226. The number of aromatic nitrogens is 2. The molecule has 1 heterocycles. The van der Waals surface area contributed by atoms with Crippen LogP contribution in [0.5, 0.6) is 5.75 Å². The van der Waals surface area contributed by atoms with E-state index in [1.54, 1.807) is 16.8 Å². The summed E-state index contributed by atoms with van der Waals surface area (Å²) in [7, 11) is 0. The van der Waals surface area contributed by atoms with Crippen LogP contribution in [0.15, 0.2) is 78.9 Å². The number of rotatable bonds is 13. The van der Waals surface area contributed by atoms with Gasteiger partial charge in [0.1, 0.15) is 11.4 Å². The first-order valence-corrected chi connectivity index (χ1v) is 15.4. The Kier molecular flexibility index (Phi) is 10.2. The van der Waals surface area contributed by atoms with E-state index in [-0.39, 0.29) is 16.7 Å². The summed E-state index contributed by atoms with van der Waals surface area (Å²) in [5.41, 5.74) is 5.71. The van der Waals surface area contributed by atoms with E-state index >= 15 is 0 Å². The quantitative estimate of drug-likeness (QED) is 0.159. The number of nitrogens with zero attached hydrogens (tertiary/aromatic N) is 2. The van der Waals surface area contributed by atoms with Crippen LogP contribution in [-0.4, -0.2) is 28.8 Å². The van der Waals surface area contributed by atoms with E-state index in [0.717, 1.165) is 48.4 Å². The van der Waals surface area contributed by atoms with Gasteiger partial charge in [0.2, 0.25) is 0 Å². The molecule has 4 aromatic rings. The van der Waals surface area contributed by atoms with Crippen molar-refractivity contribution in [1.29, 1.82) is 0 Å². The average Bonchev–Trinajstić information content (AvgIpc) is 3.45. The number of halogens is 1. The highest BCUT2D eigenvalue weighted by Gasteiger charge is 2.26. The molecule has 0 aliphatic rings. The Bertz CT molecular complexity index is 1470. The summed E-state index contributed by atoms with van der Waals surface area (Å²) in [6.45, 7) is 14.8. The van der Waals surface area contributed by atoms with E-state index in [4.69, 9.17) is 21.4 Å². The van der Waals surface area contributed by atoms with Crippen LogP contribution in [0, 0.1) is 0 Å². The molecule has 0 bridgehead atoms. The van der Waals surface area contributed by atoms with Crippen LogP contribution >= 0.6 is 11.6 Å². The van der Waals surface area contributed by atoms with Gasteiger partial charge >= 0.3 is 0 Å². The number of ether oxygens (including phenoxy) is 1. The number of carbonyl (C=O) groups is 1. The van der Waals surface area contributed by atoms with Gasteiger partial charge in [0.05, 0.1) is 18.0 Å².